The van der Waals surface area contributed by atoms with Crippen LogP contribution in [0.3, 0.4) is 0 Å². The topological polar surface area (TPSA) is 64.6 Å². The van der Waals surface area contributed by atoms with E-state index in [-0.39, 0.29) is 24.9 Å². The third-order valence-corrected chi connectivity index (χ3v) is 3.92. The average molecular weight is 324 g/mol. The van der Waals surface area contributed by atoms with Gasteiger partial charge in [0, 0.05) is 30.2 Å². The molecule has 1 amide bonds. The molecule has 1 saturated heterocycles. The fourth-order valence-corrected chi connectivity index (χ4v) is 2.83. The number of esters is 1. The largest absolute Gasteiger partial charge is 0.463 e. The number of halogens is 1. The monoisotopic (exact) mass is 323 g/mol. The van der Waals surface area contributed by atoms with Gasteiger partial charge in [-0.25, -0.2) is 0 Å². The normalized spacial score (nSPS) is 21.4. The maximum Gasteiger partial charge on any atom is 0.315 e. The first-order valence-corrected chi connectivity index (χ1v) is 7.31. The number of nitrogens with one attached hydrogen (secondary N) is 1. The van der Waals surface area contributed by atoms with E-state index in [9.17, 15) is 9.59 Å². The molecule has 1 aromatic carbocycles. The lowest BCUT2D eigenvalue weighted by atomic mass is 9.79. The minimum absolute atomic E-state index is 0.155. The molecular formula is C16H18ClNO4. The van der Waals surface area contributed by atoms with Crippen molar-refractivity contribution >= 4 is 23.5 Å². The summed E-state index contributed by atoms with van der Waals surface area (Å²) in [6.07, 6.45) is 0.160. The van der Waals surface area contributed by atoms with E-state index in [2.05, 4.69) is 11.9 Å². The second-order valence-corrected chi connectivity index (χ2v) is 5.45. The quantitative estimate of drug-likeness (QED) is 0.667. The Balaban J connectivity index is 2.26. The van der Waals surface area contributed by atoms with E-state index < -0.39 is 11.9 Å². The molecule has 1 fully saturated rings. The van der Waals surface area contributed by atoms with Crippen molar-refractivity contribution in [3.8, 4) is 0 Å². The molecule has 5 nitrogen and oxygen atoms in total. The van der Waals surface area contributed by atoms with Gasteiger partial charge in [0.2, 0.25) is 5.91 Å². The van der Waals surface area contributed by atoms with Crippen molar-refractivity contribution in [1.29, 1.82) is 0 Å². The van der Waals surface area contributed by atoms with Gasteiger partial charge in [0.25, 0.3) is 0 Å². The van der Waals surface area contributed by atoms with Crippen LogP contribution in [0.5, 0.6) is 0 Å². The van der Waals surface area contributed by atoms with Crippen molar-refractivity contribution < 1.29 is 19.1 Å². The molecule has 0 radical (unpaired) electrons. The summed E-state index contributed by atoms with van der Waals surface area (Å²) in [6, 6.07) is 7.17. The SMILES string of the molecule is C=C1NC(=O)C[C@@H](c2ccccc2Cl)[C@@H]1C(=O)OCCOC. The number of carbonyl (C=O) groups is 2. The molecule has 1 heterocycles. The second-order valence-electron chi connectivity index (χ2n) is 5.04. The lowest BCUT2D eigenvalue weighted by Gasteiger charge is -2.32. The van der Waals surface area contributed by atoms with Crippen LogP contribution >= 0.6 is 11.6 Å². The van der Waals surface area contributed by atoms with Crippen LogP contribution in [0.2, 0.25) is 5.02 Å². The number of methoxy groups -OCH3 is 1. The fourth-order valence-electron chi connectivity index (χ4n) is 2.56. The van der Waals surface area contributed by atoms with Gasteiger partial charge < -0.3 is 14.8 Å². The molecule has 1 aliphatic heterocycles. The van der Waals surface area contributed by atoms with Crippen molar-refractivity contribution in [2.75, 3.05) is 20.3 Å². The first-order valence-electron chi connectivity index (χ1n) is 6.93. The first-order chi connectivity index (χ1) is 10.5. The standard InChI is InChI=1S/C16H18ClNO4/c1-10-15(16(20)22-8-7-21-2)12(9-14(19)18-10)11-5-3-4-6-13(11)17/h3-6,12,15H,1,7-9H2,2H3,(H,18,19)/t12-,15+/m0/s1. The molecule has 0 aliphatic carbocycles. The van der Waals surface area contributed by atoms with Crippen LogP contribution in [-0.2, 0) is 19.1 Å². The number of benzene rings is 1. The van der Waals surface area contributed by atoms with Gasteiger partial charge in [0.1, 0.15) is 12.5 Å². The van der Waals surface area contributed by atoms with Crippen molar-refractivity contribution in [1.82, 2.24) is 5.32 Å². The molecule has 6 heteroatoms. The zero-order chi connectivity index (χ0) is 16.1. The van der Waals surface area contributed by atoms with E-state index >= 15 is 0 Å². The highest BCUT2D eigenvalue weighted by Gasteiger charge is 2.39. The van der Waals surface area contributed by atoms with Crippen LogP contribution in [0, 0.1) is 5.92 Å². The lowest BCUT2D eigenvalue weighted by molar-refractivity contribution is -0.150. The number of carbonyl (C=O) groups excluding carboxylic acids is 2. The van der Waals surface area contributed by atoms with E-state index in [1.807, 2.05) is 12.1 Å². The van der Waals surface area contributed by atoms with Gasteiger partial charge in [0.15, 0.2) is 0 Å². The van der Waals surface area contributed by atoms with Crippen LogP contribution in [-0.4, -0.2) is 32.2 Å². The van der Waals surface area contributed by atoms with Crippen LogP contribution in [0.1, 0.15) is 17.9 Å². The van der Waals surface area contributed by atoms with Gasteiger partial charge in [0.05, 0.1) is 6.61 Å². The number of ether oxygens (including phenoxy) is 2. The molecule has 0 unspecified atom stereocenters. The highest BCUT2D eigenvalue weighted by atomic mass is 35.5. The second kappa shape index (κ2) is 7.42. The van der Waals surface area contributed by atoms with Gasteiger partial charge in [-0.05, 0) is 11.6 Å². The maximum atomic E-state index is 12.4. The molecule has 1 N–H and O–H groups in total. The molecule has 0 spiro atoms. The van der Waals surface area contributed by atoms with E-state index in [0.29, 0.717) is 17.3 Å². The number of amides is 1. The zero-order valence-corrected chi connectivity index (χ0v) is 13.1. The summed E-state index contributed by atoms with van der Waals surface area (Å²) in [5.41, 5.74) is 1.08. The molecule has 0 saturated carbocycles. The van der Waals surface area contributed by atoms with E-state index in [0.717, 1.165) is 5.56 Å². The van der Waals surface area contributed by atoms with Crippen LogP contribution in [0.25, 0.3) is 0 Å². The Bertz CT molecular complexity index is 587. The number of hydrogen-bond donors (Lipinski definition) is 1. The van der Waals surface area contributed by atoms with Crippen molar-refractivity contribution in [3.63, 3.8) is 0 Å². The fraction of sp³-hybridized carbons (Fsp3) is 0.375. The molecule has 0 aromatic heterocycles. The molecule has 2 atom stereocenters. The van der Waals surface area contributed by atoms with Crippen LogP contribution in [0.15, 0.2) is 36.5 Å². The number of rotatable bonds is 5. The summed E-state index contributed by atoms with van der Waals surface area (Å²) in [7, 11) is 1.53. The molecule has 1 aliphatic rings. The van der Waals surface area contributed by atoms with Gasteiger partial charge in [-0.2, -0.15) is 0 Å². The highest BCUT2D eigenvalue weighted by Crippen LogP contribution is 2.38. The Labute approximate surface area is 134 Å². The van der Waals surface area contributed by atoms with Gasteiger partial charge in [-0.3, -0.25) is 9.59 Å². The average Bonchev–Trinajstić information content (AvgIpc) is 2.47. The van der Waals surface area contributed by atoms with Crippen LogP contribution < -0.4 is 5.32 Å². The van der Waals surface area contributed by atoms with E-state index in [1.165, 1.54) is 7.11 Å². The molecule has 22 heavy (non-hydrogen) atoms. The minimum Gasteiger partial charge on any atom is -0.463 e. The number of piperidine rings is 1. The Hall–Kier alpha value is -1.85. The lowest BCUT2D eigenvalue weighted by Crippen LogP contribution is -2.41. The van der Waals surface area contributed by atoms with E-state index in [4.69, 9.17) is 21.1 Å². The van der Waals surface area contributed by atoms with E-state index in [1.54, 1.807) is 12.1 Å². The van der Waals surface area contributed by atoms with Crippen molar-refractivity contribution in [3.05, 3.63) is 47.1 Å². The summed E-state index contributed by atoms with van der Waals surface area (Å²) in [6.45, 7) is 4.26. The smallest absolute Gasteiger partial charge is 0.315 e. The molecule has 2 rings (SSSR count). The minimum atomic E-state index is -0.658. The van der Waals surface area contributed by atoms with Gasteiger partial charge >= 0.3 is 5.97 Å². The first kappa shape index (κ1) is 16.5. The summed E-state index contributed by atoms with van der Waals surface area (Å²) in [4.78, 5) is 24.2. The highest BCUT2D eigenvalue weighted by molar-refractivity contribution is 6.31. The molecule has 1 aromatic rings. The third-order valence-electron chi connectivity index (χ3n) is 3.57. The summed E-state index contributed by atoms with van der Waals surface area (Å²) in [5.74, 6) is -1.66. The summed E-state index contributed by atoms with van der Waals surface area (Å²) in [5, 5.41) is 3.13. The van der Waals surface area contributed by atoms with Crippen molar-refractivity contribution in [2.24, 2.45) is 5.92 Å². The number of hydrogen-bond acceptors (Lipinski definition) is 4. The Morgan fingerprint density at radius 2 is 2.14 bits per heavy atom. The van der Waals surface area contributed by atoms with Gasteiger partial charge in [-0.1, -0.05) is 36.4 Å². The predicted molar refractivity (Wildman–Crippen MR) is 82.4 cm³/mol. The maximum absolute atomic E-state index is 12.4. The molecule has 118 valence electrons. The Morgan fingerprint density at radius 1 is 1.41 bits per heavy atom. The van der Waals surface area contributed by atoms with Gasteiger partial charge in [-0.15, -0.1) is 0 Å². The molecule has 0 bridgehead atoms. The predicted octanol–water partition coefficient (Wildman–Crippen LogP) is 2.26. The molecular weight excluding hydrogens is 306 g/mol. The summed E-state index contributed by atoms with van der Waals surface area (Å²) >= 11 is 6.22. The zero-order valence-electron chi connectivity index (χ0n) is 12.3. The summed E-state index contributed by atoms with van der Waals surface area (Å²) < 4.78 is 10.1. The Kier molecular flexibility index (Phi) is 5.57. The van der Waals surface area contributed by atoms with Crippen LogP contribution in [0.4, 0.5) is 0 Å². The Morgan fingerprint density at radius 3 is 2.82 bits per heavy atom. The van der Waals surface area contributed by atoms with Crippen molar-refractivity contribution in [2.45, 2.75) is 12.3 Å². The third kappa shape index (κ3) is 3.67.